The highest BCUT2D eigenvalue weighted by atomic mass is 16.5. The minimum absolute atomic E-state index is 0.0556. The molecule has 1 saturated heterocycles. The van der Waals surface area contributed by atoms with Gasteiger partial charge in [0.2, 0.25) is 0 Å². The summed E-state index contributed by atoms with van der Waals surface area (Å²) in [6.07, 6.45) is 0.876. The number of carbonyl (C=O) groups excluding carboxylic acids is 1. The molecule has 26 heavy (non-hydrogen) atoms. The smallest absolute Gasteiger partial charge is 0.253 e. The van der Waals surface area contributed by atoms with E-state index in [9.17, 15) is 4.79 Å². The molecule has 0 spiro atoms. The average Bonchev–Trinajstić information content (AvgIpc) is 3.08. The lowest BCUT2D eigenvalue weighted by atomic mass is 10.0. The molecule has 1 fully saturated rings. The number of hydrogen-bond acceptors (Lipinski definition) is 4. The molecule has 0 saturated carbocycles. The van der Waals surface area contributed by atoms with Crippen LogP contribution in [0.4, 0.5) is 0 Å². The molecule has 5 heteroatoms. The Balaban J connectivity index is 1.73. The molecule has 2 N–H and O–H groups in total. The van der Waals surface area contributed by atoms with Crippen molar-refractivity contribution < 1.29 is 9.53 Å². The lowest BCUT2D eigenvalue weighted by molar-refractivity contribution is 0.0791. The van der Waals surface area contributed by atoms with Gasteiger partial charge in [-0.05, 0) is 44.3 Å². The molecular formula is C21H27N3O2. The number of nitrogens with zero attached hydrogens (tertiary/aromatic N) is 2. The van der Waals surface area contributed by atoms with E-state index < -0.39 is 0 Å². The second kappa shape index (κ2) is 8.34. The Kier molecular flexibility index (Phi) is 5.91. The van der Waals surface area contributed by atoms with E-state index in [2.05, 4.69) is 4.90 Å². The van der Waals surface area contributed by atoms with Gasteiger partial charge in [-0.1, -0.05) is 30.3 Å². The maximum absolute atomic E-state index is 12.6. The first-order valence-corrected chi connectivity index (χ1v) is 9.06. The Morgan fingerprint density at radius 3 is 2.58 bits per heavy atom. The molecule has 1 aliphatic heterocycles. The molecule has 1 aliphatic rings. The van der Waals surface area contributed by atoms with E-state index in [1.807, 2.05) is 67.5 Å². The van der Waals surface area contributed by atoms with Crippen molar-refractivity contribution in [2.24, 2.45) is 5.73 Å². The number of hydrogen-bond donors (Lipinski definition) is 1. The van der Waals surface area contributed by atoms with Crippen LogP contribution in [0.1, 0.15) is 16.8 Å². The summed E-state index contributed by atoms with van der Waals surface area (Å²) in [6.45, 7) is 2.88. The molecule has 0 bridgehead atoms. The average molecular weight is 353 g/mol. The van der Waals surface area contributed by atoms with Crippen LogP contribution in [-0.2, 0) is 0 Å². The third kappa shape index (κ3) is 4.42. The monoisotopic (exact) mass is 353 g/mol. The van der Waals surface area contributed by atoms with Crippen LogP contribution < -0.4 is 10.5 Å². The number of para-hydroxylation sites is 1. The maximum Gasteiger partial charge on any atom is 0.253 e. The minimum atomic E-state index is 0.0556. The fraction of sp³-hybridized carbons (Fsp3) is 0.381. The summed E-state index contributed by atoms with van der Waals surface area (Å²) < 4.78 is 5.94. The van der Waals surface area contributed by atoms with Gasteiger partial charge in [-0.25, -0.2) is 0 Å². The van der Waals surface area contributed by atoms with Crippen molar-refractivity contribution in [3.8, 4) is 16.9 Å². The molecule has 1 atom stereocenters. The number of benzene rings is 2. The zero-order chi connectivity index (χ0) is 18.5. The zero-order valence-corrected chi connectivity index (χ0v) is 15.5. The Labute approximate surface area is 155 Å². The summed E-state index contributed by atoms with van der Waals surface area (Å²) in [7, 11) is 4.05. The number of ether oxygens (including phenoxy) is 1. The number of amides is 1. The zero-order valence-electron chi connectivity index (χ0n) is 15.5. The largest absolute Gasteiger partial charge is 0.492 e. The van der Waals surface area contributed by atoms with Crippen LogP contribution in [0.25, 0.3) is 11.1 Å². The van der Waals surface area contributed by atoms with Crippen LogP contribution in [0.2, 0.25) is 0 Å². The molecule has 1 amide bonds. The molecule has 0 aliphatic carbocycles. The van der Waals surface area contributed by atoms with Gasteiger partial charge in [-0.15, -0.1) is 0 Å². The van der Waals surface area contributed by atoms with Crippen molar-refractivity contribution in [1.82, 2.24) is 9.80 Å². The fourth-order valence-electron chi connectivity index (χ4n) is 3.12. The Morgan fingerprint density at radius 2 is 1.92 bits per heavy atom. The molecule has 3 rings (SSSR count). The molecule has 1 heterocycles. The number of rotatable bonds is 6. The van der Waals surface area contributed by atoms with Crippen LogP contribution in [0.15, 0.2) is 48.5 Å². The molecule has 0 unspecified atom stereocenters. The highest BCUT2D eigenvalue weighted by Gasteiger charge is 2.24. The summed E-state index contributed by atoms with van der Waals surface area (Å²) in [4.78, 5) is 16.5. The van der Waals surface area contributed by atoms with Crippen molar-refractivity contribution in [2.45, 2.75) is 12.5 Å². The number of carbonyl (C=O) groups is 1. The van der Waals surface area contributed by atoms with Gasteiger partial charge in [0.15, 0.2) is 0 Å². The SMILES string of the molecule is CN(C)CCOc1ccccc1-c1ccc(C(=O)N2CC[C@H](N)C2)cc1. The third-order valence-electron chi connectivity index (χ3n) is 4.64. The number of nitrogens with two attached hydrogens (primary N) is 1. The second-order valence-corrected chi connectivity index (χ2v) is 7.03. The van der Waals surface area contributed by atoms with E-state index in [0.717, 1.165) is 36.4 Å². The Bertz CT molecular complexity index is 743. The predicted octanol–water partition coefficient (Wildman–Crippen LogP) is 2.47. The van der Waals surface area contributed by atoms with Gasteiger partial charge >= 0.3 is 0 Å². The van der Waals surface area contributed by atoms with Gasteiger partial charge in [0.05, 0.1) is 0 Å². The van der Waals surface area contributed by atoms with Gasteiger partial charge < -0.3 is 20.3 Å². The van der Waals surface area contributed by atoms with Gasteiger partial charge in [-0.3, -0.25) is 4.79 Å². The van der Waals surface area contributed by atoms with E-state index in [0.29, 0.717) is 18.7 Å². The van der Waals surface area contributed by atoms with E-state index in [4.69, 9.17) is 10.5 Å². The van der Waals surface area contributed by atoms with E-state index in [1.165, 1.54) is 0 Å². The molecule has 0 radical (unpaired) electrons. The normalized spacial score (nSPS) is 16.9. The van der Waals surface area contributed by atoms with Gasteiger partial charge in [0.1, 0.15) is 12.4 Å². The first kappa shape index (κ1) is 18.4. The van der Waals surface area contributed by atoms with Crippen LogP contribution in [0.3, 0.4) is 0 Å². The highest BCUT2D eigenvalue weighted by Crippen LogP contribution is 2.30. The van der Waals surface area contributed by atoms with E-state index in [1.54, 1.807) is 0 Å². The van der Waals surface area contributed by atoms with Crippen molar-refractivity contribution in [1.29, 1.82) is 0 Å². The maximum atomic E-state index is 12.6. The van der Waals surface area contributed by atoms with Crippen molar-refractivity contribution in [3.05, 3.63) is 54.1 Å². The van der Waals surface area contributed by atoms with E-state index >= 15 is 0 Å². The topological polar surface area (TPSA) is 58.8 Å². The molecule has 2 aromatic carbocycles. The summed E-state index contributed by atoms with van der Waals surface area (Å²) in [6, 6.07) is 15.8. The second-order valence-electron chi connectivity index (χ2n) is 7.03. The highest BCUT2D eigenvalue weighted by molar-refractivity contribution is 5.95. The van der Waals surface area contributed by atoms with E-state index in [-0.39, 0.29) is 11.9 Å². The van der Waals surface area contributed by atoms with Crippen molar-refractivity contribution >= 4 is 5.91 Å². The number of likely N-dealkylation sites (N-methyl/N-ethyl adjacent to an activating group) is 1. The summed E-state index contributed by atoms with van der Waals surface area (Å²) >= 11 is 0. The standard InChI is InChI=1S/C21H27N3O2/c1-23(2)13-14-26-20-6-4-3-5-19(20)16-7-9-17(10-8-16)21(25)24-12-11-18(22)15-24/h3-10,18H,11-15,22H2,1-2H3/t18-/m0/s1. The molecule has 138 valence electrons. The van der Waals surface area contributed by atoms with Gasteiger partial charge in [0.25, 0.3) is 5.91 Å². The molecule has 5 nitrogen and oxygen atoms in total. The quantitative estimate of drug-likeness (QED) is 0.867. The molecular weight excluding hydrogens is 326 g/mol. The van der Waals surface area contributed by atoms with Crippen molar-refractivity contribution in [2.75, 3.05) is 40.3 Å². The van der Waals surface area contributed by atoms with Crippen LogP contribution >= 0.6 is 0 Å². The van der Waals surface area contributed by atoms with Gasteiger partial charge in [-0.2, -0.15) is 0 Å². The summed E-state index contributed by atoms with van der Waals surface area (Å²) in [5.41, 5.74) is 8.69. The van der Waals surface area contributed by atoms with Gasteiger partial charge in [0, 0.05) is 36.8 Å². The lowest BCUT2D eigenvalue weighted by Crippen LogP contribution is -2.31. The van der Waals surface area contributed by atoms with Crippen LogP contribution in [0.5, 0.6) is 5.75 Å². The first-order valence-electron chi connectivity index (χ1n) is 9.06. The van der Waals surface area contributed by atoms with Crippen LogP contribution in [0, 0.1) is 0 Å². The minimum Gasteiger partial charge on any atom is -0.492 e. The third-order valence-corrected chi connectivity index (χ3v) is 4.64. The van der Waals surface area contributed by atoms with Crippen LogP contribution in [-0.4, -0.2) is 62.1 Å². The summed E-state index contributed by atoms with van der Waals surface area (Å²) in [5.74, 6) is 0.916. The fourth-order valence-corrected chi connectivity index (χ4v) is 3.12. The lowest BCUT2D eigenvalue weighted by Gasteiger charge is -2.16. The number of likely N-dealkylation sites (tertiary alicyclic amines) is 1. The van der Waals surface area contributed by atoms with Crippen molar-refractivity contribution in [3.63, 3.8) is 0 Å². The predicted molar refractivity (Wildman–Crippen MR) is 104 cm³/mol. The Hall–Kier alpha value is -2.37. The first-order chi connectivity index (χ1) is 12.5. The Morgan fingerprint density at radius 1 is 1.19 bits per heavy atom. The molecule has 2 aromatic rings. The molecule has 0 aromatic heterocycles. The summed E-state index contributed by atoms with van der Waals surface area (Å²) in [5, 5.41) is 0.